The second-order valence-electron chi connectivity index (χ2n) is 13.1. The lowest BCUT2D eigenvalue weighted by molar-refractivity contribution is -0.141. The van der Waals surface area contributed by atoms with Crippen molar-refractivity contribution in [3.63, 3.8) is 0 Å². The molecule has 41 heavy (non-hydrogen) atoms. The van der Waals surface area contributed by atoms with Crippen LogP contribution < -0.4 is 10.2 Å². The standard InChI is InChI=1S/C30H30F5N5O/c1-26-12-28(13-26,14-26)36-10-18-6-21-22(23(7-18)30(33,34)35)11-40(25(21)41)20-5-3-4-19(8-20)27(15-29(31,32)16-27)9-24-38-37-17-39(24)2/h3-8,17,36H,9-16H2,1-2H3. The lowest BCUT2D eigenvalue weighted by atomic mass is 9.40. The highest BCUT2D eigenvalue weighted by atomic mass is 19.4. The molecule has 3 aromatic rings. The highest BCUT2D eigenvalue weighted by Crippen LogP contribution is 2.66. The number of hydrogen-bond donors (Lipinski definition) is 1. The molecular weight excluding hydrogens is 541 g/mol. The van der Waals surface area contributed by atoms with Crippen molar-refractivity contribution in [2.45, 2.75) is 81.6 Å². The third-order valence-corrected chi connectivity index (χ3v) is 9.64. The molecule has 2 aromatic carbocycles. The number of aromatic nitrogens is 3. The second kappa shape index (κ2) is 8.36. The van der Waals surface area contributed by atoms with Gasteiger partial charge in [-0.15, -0.1) is 10.2 Å². The first-order valence-electron chi connectivity index (χ1n) is 13.8. The smallest absolute Gasteiger partial charge is 0.321 e. The number of alkyl halides is 5. The fourth-order valence-corrected chi connectivity index (χ4v) is 7.95. The largest absolute Gasteiger partial charge is 0.416 e. The Balaban J connectivity index is 1.19. The monoisotopic (exact) mass is 571 g/mol. The van der Waals surface area contributed by atoms with E-state index in [9.17, 15) is 26.7 Å². The Labute approximate surface area is 233 Å². The van der Waals surface area contributed by atoms with E-state index in [4.69, 9.17) is 0 Å². The van der Waals surface area contributed by atoms with Crippen LogP contribution in [0.3, 0.4) is 0 Å². The van der Waals surface area contributed by atoms with E-state index >= 15 is 0 Å². The van der Waals surface area contributed by atoms with Crippen LogP contribution in [0.2, 0.25) is 0 Å². The molecule has 0 spiro atoms. The molecule has 0 unspecified atom stereocenters. The number of nitrogens with one attached hydrogen (secondary N) is 1. The van der Waals surface area contributed by atoms with Gasteiger partial charge in [0.25, 0.3) is 5.91 Å². The summed E-state index contributed by atoms with van der Waals surface area (Å²) in [6, 6.07) is 9.42. The van der Waals surface area contributed by atoms with E-state index in [0.717, 1.165) is 25.3 Å². The van der Waals surface area contributed by atoms with Gasteiger partial charge in [0.1, 0.15) is 12.2 Å². The Kier molecular flexibility index (Phi) is 5.42. The van der Waals surface area contributed by atoms with E-state index in [1.807, 2.05) is 0 Å². The van der Waals surface area contributed by atoms with Gasteiger partial charge in [0.05, 0.1) is 12.1 Å². The van der Waals surface area contributed by atoms with Gasteiger partial charge in [-0.1, -0.05) is 19.1 Å². The molecule has 1 amide bonds. The van der Waals surface area contributed by atoms with Crippen LogP contribution in [0, 0.1) is 5.41 Å². The molecule has 6 nitrogen and oxygen atoms in total. The molecule has 2 heterocycles. The number of halogens is 5. The highest BCUT2D eigenvalue weighted by Gasteiger charge is 2.64. The van der Waals surface area contributed by atoms with Gasteiger partial charge in [-0.2, -0.15) is 13.2 Å². The van der Waals surface area contributed by atoms with Gasteiger partial charge in [0.15, 0.2) is 0 Å². The molecule has 1 aromatic heterocycles. The molecule has 8 rings (SSSR count). The Morgan fingerprint density at radius 2 is 1.78 bits per heavy atom. The second-order valence-corrected chi connectivity index (χ2v) is 13.1. The van der Waals surface area contributed by atoms with E-state index in [1.54, 1.807) is 41.9 Å². The molecule has 1 N–H and O–H groups in total. The van der Waals surface area contributed by atoms with E-state index in [-0.39, 0.29) is 49.0 Å². The van der Waals surface area contributed by atoms with Gasteiger partial charge in [0.2, 0.25) is 5.92 Å². The average Bonchev–Trinajstić information content (AvgIpc) is 3.40. The normalized spacial score (nSPS) is 27.2. The van der Waals surface area contributed by atoms with Crippen LogP contribution >= 0.6 is 0 Å². The van der Waals surface area contributed by atoms with Crippen LogP contribution in [0.1, 0.15) is 77.5 Å². The van der Waals surface area contributed by atoms with Crippen molar-refractivity contribution in [3.8, 4) is 0 Å². The lowest BCUT2D eigenvalue weighted by Gasteiger charge is -2.70. The van der Waals surface area contributed by atoms with Crippen molar-refractivity contribution in [2.24, 2.45) is 12.5 Å². The Hall–Kier alpha value is -3.34. The summed E-state index contributed by atoms with van der Waals surface area (Å²) in [7, 11) is 1.74. The summed E-state index contributed by atoms with van der Waals surface area (Å²) in [5.74, 6) is -2.80. The molecule has 11 heteroatoms. The number of rotatable bonds is 7. The molecule has 0 saturated heterocycles. The predicted octanol–water partition coefficient (Wildman–Crippen LogP) is 5.94. The Morgan fingerprint density at radius 1 is 1.05 bits per heavy atom. The lowest BCUT2D eigenvalue weighted by Crippen LogP contribution is -2.72. The average molecular weight is 572 g/mol. The third-order valence-electron chi connectivity index (χ3n) is 9.64. The summed E-state index contributed by atoms with van der Waals surface area (Å²) < 4.78 is 72.8. The van der Waals surface area contributed by atoms with Crippen LogP contribution in [0.15, 0.2) is 42.7 Å². The molecular formula is C30H30F5N5O. The Bertz CT molecular complexity index is 1550. The molecule has 4 fully saturated rings. The first-order valence-corrected chi connectivity index (χ1v) is 13.8. The minimum absolute atomic E-state index is 0.00191. The molecule has 0 radical (unpaired) electrons. The van der Waals surface area contributed by atoms with E-state index in [0.29, 0.717) is 28.1 Å². The van der Waals surface area contributed by atoms with Gasteiger partial charge in [-0.25, -0.2) is 8.78 Å². The zero-order valence-corrected chi connectivity index (χ0v) is 22.8. The van der Waals surface area contributed by atoms with Crippen molar-refractivity contribution in [1.82, 2.24) is 20.1 Å². The number of fused-ring (bicyclic) bond motifs is 1. The van der Waals surface area contributed by atoms with Crippen molar-refractivity contribution >= 4 is 11.6 Å². The van der Waals surface area contributed by atoms with Gasteiger partial charge in [0, 0.05) is 55.1 Å². The van der Waals surface area contributed by atoms with E-state index < -0.39 is 29.0 Å². The van der Waals surface area contributed by atoms with Crippen molar-refractivity contribution in [1.29, 1.82) is 0 Å². The van der Waals surface area contributed by atoms with Crippen molar-refractivity contribution < 1.29 is 26.7 Å². The minimum Gasteiger partial charge on any atom is -0.321 e. The summed E-state index contributed by atoms with van der Waals surface area (Å²) in [4.78, 5) is 14.9. The zero-order valence-electron chi connectivity index (χ0n) is 22.8. The summed E-state index contributed by atoms with van der Waals surface area (Å²) >= 11 is 0. The SMILES string of the molecule is Cn1cnnc1CC1(c2cccc(N3Cc4c(cc(CNC56CC(C)(C5)C6)cc4C(F)(F)F)C3=O)c2)CC(F)(F)C1. The topological polar surface area (TPSA) is 63.1 Å². The number of carbonyl (C=O) groups excluding carboxylic acids is 1. The maximum absolute atomic E-state index is 14.2. The number of amides is 1. The van der Waals surface area contributed by atoms with Crippen LogP contribution in [-0.2, 0) is 38.1 Å². The van der Waals surface area contributed by atoms with E-state index in [2.05, 4.69) is 22.4 Å². The minimum atomic E-state index is -4.63. The van der Waals surface area contributed by atoms with Crippen molar-refractivity contribution in [3.05, 3.63) is 76.4 Å². The molecule has 4 aliphatic carbocycles. The van der Waals surface area contributed by atoms with Crippen LogP contribution in [0.4, 0.5) is 27.6 Å². The van der Waals surface area contributed by atoms with Gasteiger partial charge in [-0.05, 0) is 65.6 Å². The number of anilines is 1. The third kappa shape index (κ3) is 4.26. The molecule has 5 aliphatic rings. The molecule has 1 aliphatic heterocycles. The summed E-state index contributed by atoms with van der Waals surface area (Å²) in [5.41, 5.74) is 0.0120. The summed E-state index contributed by atoms with van der Waals surface area (Å²) in [6.45, 7) is 2.23. The Morgan fingerprint density at radius 3 is 2.39 bits per heavy atom. The van der Waals surface area contributed by atoms with Gasteiger partial charge < -0.3 is 14.8 Å². The molecule has 216 valence electrons. The van der Waals surface area contributed by atoms with Crippen LogP contribution in [0.25, 0.3) is 0 Å². The summed E-state index contributed by atoms with van der Waals surface area (Å²) in [5, 5.41) is 11.4. The number of benzene rings is 2. The molecule has 0 atom stereocenters. The molecule has 2 bridgehead atoms. The van der Waals surface area contributed by atoms with Crippen LogP contribution in [0.5, 0.6) is 0 Å². The first kappa shape index (κ1) is 26.6. The number of hydrogen-bond acceptors (Lipinski definition) is 4. The van der Waals surface area contributed by atoms with Gasteiger partial charge >= 0.3 is 6.18 Å². The maximum atomic E-state index is 14.2. The zero-order chi connectivity index (χ0) is 29.0. The van der Waals surface area contributed by atoms with E-state index in [1.165, 1.54) is 11.2 Å². The fourth-order valence-electron chi connectivity index (χ4n) is 7.95. The number of aryl methyl sites for hydroxylation is 1. The van der Waals surface area contributed by atoms with Gasteiger partial charge in [-0.3, -0.25) is 4.79 Å². The fraction of sp³-hybridized carbons (Fsp3) is 0.500. The molecule has 4 saturated carbocycles. The first-order chi connectivity index (χ1) is 19.2. The number of carbonyl (C=O) groups is 1. The van der Waals surface area contributed by atoms with Crippen molar-refractivity contribution in [2.75, 3.05) is 4.90 Å². The highest BCUT2D eigenvalue weighted by molar-refractivity contribution is 6.10. The summed E-state index contributed by atoms with van der Waals surface area (Å²) in [6.07, 6.45) is -0.614. The maximum Gasteiger partial charge on any atom is 0.416 e. The quantitative estimate of drug-likeness (QED) is 0.357. The predicted molar refractivity (Wildman–Crippen MR) is 140 cm³/mol. The number of nitrogens with zero attached hydrogens (tertiary/aromatic N) is 4. The van der Waals surface area contributed by atoms with Crippen LogP contribution in [-0.4, -0.2) is 32.1 Å².